The summed E-state index contributed by atoms with van der Waals surface area (Å²) in [5.41, 5.74) is 6.31. The van der Waals surface area contributed by atoms with Gasteiger partial charge in [0.2, 0.25) is 0 Å². The molecule has 0 saturated carbocycles. The fourth-order valence-electron chi connectivity index (χ4n) is 2.51. The first-order chi connectivity index (χ1) is 9.90. The number of morpholine rings is 1. The van der Waals surface area contributed by atoms with Crippen LogP contribution in [0.4, 0.5) is 13.2 Å². The molecule has 0 radical (unpaired) electrons. The van der Waals surface area contributed by atoms with Gasteiger partial charge in [-0.1, -0.05) is 19.1 Å². The average Bonchev–Trinajstić information content (AvgIpc) is 2.47. The third kappa shape index (κ3) is 4.43. The summed E-state index contributed by atoms with van der Waals surface area (Å²) in [4.78, 5) is 2.26. The Morgan fingerprint density at radius 3 is 2.57 bits per heavy atom. The molecule has 1 aliphatic rings. The molecule has 1 fully saturated rings. The van der Waals surface area contributed by atoms with Crippen LogP contribution in [0.2, 0.25) is 0 Å². The monoisotopic (exact) mass is 302 g/mol. The Hall–Kier alpha value is -1.11. The lowest BCUT2D eigenvalue weighted by atomic mass is 10.00. The Labute approximate surface area is 122 Å². The van der Waals surface area contributed by atoms with Crippen LogP contribution >= 0.6 is 0 Å². The van der Waals surface area contributed by atoms with E-state index in [1.807, 2.05) is 0 Å². The third-order valence-electron chi connectivity index (χ3n) is 3.86. The molecule has 2 N–H and O–H groups in total. The summed E-state index contributed by atoms with van der Waals surface area (Å²) in [5.74, 6) is 0. The average molecular weight is 302 g/mol. The molecule has 3 nitrogen and oxygen atoms in total. The van der Waals surface area contributed by atoms with Gasteiger partial charge in [-0.05, 0) is 30.7 Å². The highest BCUT2D eigenvalue weighted by molar-refractivity contribution is 5.25. The summed E-state index contributed by atoms with van der Waals surface area (Å²) < 4.78 is 43.2. The van der Waals surface area contributed by atoms with Gasteiger partial charge in [-0.15, -0.1) is 0 Å². The molecule has 2 unspecified atom stereocenters. The van der Waals surface area contributed by atoms with Crippen LogP contribution in [-0.4, -0.2) is 43.3 Å². The molecule has 0 bridgehead atoms. The summed E-state index contributed by atoms with van der Waals surface area (Å²) in [7, 11) is 0. The van der Waals surface area contributed by atoms with Gasteiger partial charge in [0.25, 0.3) is 0 Å². The van der Waals surface area contributed by atoms with Crippen molar-refractivity contribution in [2.24, 2.45) is 5.73 Å². The number of likely N-dealkylation sites (N-methyl/N-ethyl adjacent to an activating group) is 1. The van der Waals surface area contributed by atoms with Gasteiger partial charge in [-0.2, -0.15) is 13.2 Å². The van der Waals surface area contributed by atoms with Crippen LogP contribution < -0.4 is 5.73 Å². The Bertz CT molecular complexity index is 447. The second-order valence-electron chi connectivity index (χ2n) is 5.37. The van der Waals surface area contributed by atoms with Gasteiger partial charge in [0.1, 0.15) is 0 Å². The number of halogens is 3. The predicted molar refractivity (Wildman–Crippen MR) is 75.0 cm³/mol. The minimum Gasteiger partial charge on any atom is -0.374 e. The fraction of sp³-hybridized carbons (Fsp3) is 0.600. The van der Waals surface area contributed by atoms with Crippen molar-refractivity contribution < 1.29 is 17.9 Å². The zero-order valence-corrected chi connectivity index (χ0v) is 12.1. The van der Waals surface area contributed by atoms with E-state index in [1.165, 1.54) is 12.1 Å². The van der Waals surface area contributed by atoms with E-state index in [0.717, 1.165) is 37.3 Å². The minimum atomic E-state index is -4.30. The molecule has 0 amide bonds. The van der Waals surface area contributed by atoms with E-state index in [0.29, 0.717) is 13.0 Å². The molecule has 0 aliphatic carbocycles. The summed E-state index contributed by atoms with van der Waals surface area (Å²) in [5, 5.41) is 0. The smallest absolute Gasteiger partial charge is 0.374 e. The van der Waals surface area contributed by atoms with Crippen LogP contribution in [0, 0.1) is 0 Å². The predicted octanol–water partition coefficient (Wildman–Crippen LogP) is 2.30. The maximum Gasteiger partial charge on any atom is 0.416 e. The largest absolute Gasteiger partial charge is 0.416 e. The molecule has 0 spiro atoms. The van der Waals surface area contributed by atoms with Gasteiger partial charge >= 0.3 is 6.18 Å². The van der Waals surface area contributed by atoms with E-state index in [2.05, 4.69) is 11.8 Å². The van der Waals surface area contributed by atoms with Crippen LogP contribution in [0.3, 0.4) is 0 Å². The molecule has 2 rings (SSSR count). The molecular weight excluding hydrogens is 281 g/mol. The van der Waals surface area contributed by atoms with Crippen LogP contribution in [0.1, 0.15) is 18.1 Å². The fourth-order valence-corrected chi connectivity index (χ4v) is 2.51. The van der Waals surface area contributed by atoms with Crippen LogP contribution in [0.5, 0.6) is 0 Å². The second kappa shape index (κ2) is 6.77. The number of benzene rings is 1. The maximum absolute atomic E-state index is 12.5. The van der Waals surface area contributed by atoms with Gasteiger partial charge in [0.15, 0.2) is 0 Å². The number of nitrogens with two attached hydrogens (primary N) is 1. The van der Waals surface area contributed by atoms with Crippen LogP contribution in [-0.2, 0) is 17.3 Å². The SMILES string of the molecule is CCN1CCOC(C(N)Cc2ccc(C(F)(F)F)cc2)C1. The van der Waals surface area contributed by atoms with Crippen molar-refractivity contribution >= 4 is 0 Å². The van der Waals surface area contributed by atoms with Crippen molar-refractivity contribution in [3.05, 3.63) is 35.4 Å². The Morgan fingerprint density at radius 1 is 1.33 bits per heavy atom. The van der Waals surface area contributed by atoms with Gasteiger partial charge in [0.05, 0.1) is 18.3 Å². The number of nitrogens with zero attached hydrogens (tertiary/aromatic N) is 1. The number of ether oxygens (including phenoxy) is 1. The van der Waals surface area contributed by atoms with E-state index in [4.69, 9.17) is 10.5 Å². The summed E-state index contributed by atoms with van der Waals surface area (Å²) in [6, 6.07) is 4.97. The van der Waals surface area contributed by atoms with Crippen molar-refractivity contribution in [1.29, 1.82) is 0 Å². The van der Waals surface area contributed by atoms with Crippen molar-refractivity contribution in [1.82, 2.24) is 4.90 Å². The minimum absolute atomic E-state index is 0.0685. The van der Waals surface area contributed by atoms with Gasteiger partial charge in [-0.3, -0.25) is 4.90 Å². The normalized spacial score (nSPS) is 22.2. The Morgan fingerprint density at radius 2 is 2.00 bits per heavy atom. The van der Waals surface area contributed by atoms with E-state index >= 15 is 0 Å². The van der Waals surface area contributed by atoms with Crippen molar-refractivity contribution in [3.8, 4) is 0 Å². The molecule has 1 saturated heterocycles. The lowest BCUT2D eigenvalue weighted by Crippen LogP contribution is -2.51. The van der Waals surface area contributed by atoms with Gasteiger partial charge < -0.3 is 10.5 Å². The highest BCUT2D eigenvalue weighted by Crippen LogP contribution is 2.29. The number of alkyl halides is 3. The molecule has 1 aliphatic heterocycles. The quantitative estimate of drug-likeness (QED) is 0.927. The third-order valence-corrected chi connectivity index (χ3v) is 3.86. The first kappa shape index (κ1) is 16.3. The van der Waals surface area contributed by atoms with Gasteiger partial charge in [-0.25, -0.2) is 0 Å². The summed E-state index contributed by atoms with van der Waals surface area (Å²) >= 11 is 0. The first-order valence-corrected chi connectivity index (χ1v) is 7.16. The van der Waals surface area contributed by atoms with E-state index < -0.39 is 11.7 Å². The first-order valence-electron chi connectivity index (χ1n) is 7.16. The molecule has 0 aromatic heterocycles. The van der Waals surface area contributed by atoms with Gasteiger partial charge in [0, 0.05) is 19.1 Å². The van der Waals surface area contributed by atoms with Crippen LogP contribution in [0.15, 0.2) is 24.3 Å². The van der Waals surface area contributed by atoms with Crippen LogP contribution in [0.25, 0.3) is 0 Å². The number of hydrogen-bond donors (Lipinski definition) is 1. The molecule has 1 heterocycles. The Kier molecular flexibility index (Phi) is 5.24. The Balaban J connectivity index is 1.94. The van der Waals surface area contributed by atoms with Crippen molar-refractivity contribution in [2.45, 2.75) is 31.7 Å². The van der Waals surface area contributed by atoms with Crippen molar-refractivity contribution in [3.63, 3.8) is 0 Å². The molecule has 118 valence electrons. The second-order valence-corrected chi connectivity index (χ2v) is 5.37. The van der Waals surface area contributed by atoms with E-state index in [9.17, 15) is 13.2 Å². The molecule has 1 aromatic carbocycles. The molecule has 21 heavy (non-hydrogen) atoms. The highest BCUT2D eigenvalue weighted by atomic mass is 19.4. The standard InChI is InChI=1S/C15H21F3N2O/c1-2-20-7-8-21-14(10-20)13(19)9-11-3-5-12(6-4-11)15(16,17)18/h3-6,13-14H,2,7-10,19H2,1H3. The lowest BCUT2D eigenvalue weighted by molar-refractivity contribution is -0.137. The summed E-state index contributed by atoms with van der Waals surface area (Å²) in [6.07, 6.45) is -3.85. The topological polar surface area (TPSA) is 38.5 Å². The maximum atomic E-state index is 12.5. The molecule has 1 aromatic rings. The van der Waals surface area contributed by atoms with Crippen molar-refractivity contribution in [2.75, 3.05) is 26.2 Å². The highest BCUT2D eigenvalue weighted by Gasteiger charge is 2.30. The molecule has 6 heteroatoms. The summed E-state index contributed by atoms with van der Waals surface area (Å²) in [6.45, 7) is 5.37. The lowest BCUT2D eigenvalue weighted by Gasteiger charge is -2.35. The zero-order valence-electron chi connectivity index (χ0n) is 12.1. The van der Waals surface area contributed by atoms with E-state index in [1.54, 1.807) is 0 Å². The number of rotatable bonds is 4. The number of hydrogen-bond acceptors (Lipinski definition) is 3. The zero-order chi connectivity index (χ0) is 15.5. The molecular formula is C15H21F3N2O. The molecule has 2 atom stereocenters. The van der Waals surface area contributed by atoms with E-state index in [-0.39, 0.29) is 12.1 Å².